The van der Waals surface area contributed by atoms with Gasteiger partial charge in [0.05, 0.1) is 50.7 Å². The minimum absolute atomic E-state index is 0.0590. The maximum Gasteiger partial charge on any atom is 0.416 e. The fraction of sp³-hybridized carbons (Fsp3) is 0.351. The molecule has 2 N–H and O–H groups in total. The molecule has 6 nitrogen and oxygen atoms in total. The number of aromatic hydroxyl groups is 2. The highest BCUT2D eigenvalue weighted by Gasteiger charge is 2.37. The topological polar surface area (TPSA) is 62.8 Å². The molecule has 86 heavy (non-hydrogen) atoms. The second-order valence-electron chi connectivity index (χ2n) is 28.0. The zero-order valence-corrected chi connectivity index (χ0v) is 52.5. The molecule has 0 aliphatic carbocycles. The average Bonchev–Trinajstić information content (AvgIpc) is 1.93. The average molecular weight is 1170 g/mol. The van der Waals surface area contributed by atoms with Gasteiger partial charge in [-0.3, -0.25) is 0 Å². The Bertz CT molecular complexity index is 4160. The number of hydrogen-bond acceptors (Lipinski definition) is 4. The van der Waals surface area contributed by atoms with Crippen molar-refractivity contribution < 1.29 is 41.3 Å². The van der Waals surface area contributed by atoms with Crippen molar-refractivity contribution >= 4 is 49.3 Å². The van der Waals surface area contributed by atoms with Crippen molar-refractivity contribution in [3.05, 3.63) is 178 Å². The number of nitrogens with zero attached hydrogens (tertiary/aromatic N) is 3. The van der Waals surface area contributed by atoms with Crippen LogP contribution in [0.5, 0.6) is 17.2 Å². The van der Waals surface area contributed by atoms with Crippen molar-refractivity contribution in [2.75, 3.05) is 11.9 Å². The second kappa shape index (κ2) is 21.2. The third kappa shape index (κ3) is 11.4. The van der Waals surface area contributed by atoms with Gasteiger partial charge in [-0.25, -0.2) is 0 Å². The van der Waals surface area contributed by atoms with Crippen LogP contribution < -0.4 is 9.64 Å². The lowest BCUT2D eigenvalue weighted by Gasteiger charge is -2.32. The van der Waals surface area contributed by atoms with Gasteiger partial charge in [0.2, 0.25) is 0 Å². The normalized spacial score (nSPS) is 13.8. The van der Waals surface area contributed by atoms with Crippen LogP contribution in [0.4, 0.5) is 32.0 Å². The summed E-state index contributed by atoms with van der Waals surface area (Å²) in [5.74, 6) is -0.0711. The molecule has 2 heterocycles. The van der Waals surface area contributed by atoms with Crippen LogP contribution in [0.3, 0.4) is 0 Å². The van der Waals surface area contributed by atoms with Gasteiger partial charge in [-0.1, -0.05) is 119 Å². The Morgan fingerprint density at radius 3 is 1.20 bits per heavy atom. The number of hydrogen-bond donors (Lipinski definition) is 2. The minimum atomic E-state index is -4.97. The molecule has 0 aliphatic heterocycles. The van der Waals surface area contributed by atoms with E-state index in [0.29, 0.717) is 33.6 Å². The largest absolute Gasteiger partial charge is 0.505 e. The molecular formula is C74H79F6N3O3. The molecule has 0 spiro atoms. The van der Waals surface area contributed by atoms with E-state index in [1.807, 2.05) is 94.4 Å². The number of halogens is 6. The Morgan fingerprint density at radius 2 is 0.791 bits per heavy atom. The van der Waals surface area contributed by atoms with Gasteiger partial charge in [-0.15, -0.1) is 0 Å². The summed E-state index contributed by atoms with van der Waals surface area (Å²) in [5, 5.41) is 29.0. The standard InChI is InChI=1S/C74H79F6N3O3/c1-41-18-29-66(56(30-41)57-31-42(2)32-64(67(57)84)82-60-25-19-45(69(5,6)7)34-51(60)52-35-46(70(8,9)10)20-26-61(52)82)86-44(4)33-43(3)81(17)59-24-23-49(73(75,76)77)38-55(59)58-39-50(74(78,79)80)40-65(68(58)85)83-62-27-21-47(71(11,12)13)36-53(62)54-37-48(72(14,15)16)22-28-63(54)83/h18-32,34-40,43-44,84-85H,33H2,1-17H3/t43-,44+/m0/s1. The van der Waals surface area contributed by atoms with Crippen LogP contribution in [-0.2, 0) is 34.0 Å². The number of anilines is 1. The lowest BCUT2D eigenvalue weighted by Crippen LogP contribution is -2.33. The highest BCUT2D eigenvalue weighted by molar-refractivity contribution is 6.11. The van der Waals surface area contributed by atoms with E-state index in [9.17, 15) is 23.4 Å². The Hall–Kier alpha value is -7.86. The van der Waals surface area contributed by atoms with Crippen molar-refractivity contribution in [2.24, 2.45) is 0 Å². The van der Waals surface area contributed by atoms with Crippen molar-refractivity contribution in [1.82, 2.24) is 9.13 Å². The number of fused-ring (bicyclic) bond motifs is 6. The summed E-state index contributed by atoms with van der Waals surface area (Å²) >= 11 is 0. The number of benzene rings is 8. The van der Waals surface area contributed by atoms with Crippen LogP contribution in [0.1, 0.15) is 148 Å². The van der Waals surface area contributed by atoms with Crippen LogP contribution in [0.15, 0.2) is 133 Å². The molecule has 0 bridgehead atoms. The maximum absolute atomic E-state index is 15.4. The van der Waals surface area contributed by atoms with E-state index in [-0.39, 0.29) is 50.8 Å². The predicted molar refractivity (Wildman–Crippen MR) is 343 cm³/mol. The number of phenols is 2. The zero-order chi connectivity index (χ0) is 62.9. The highest BCUT2D eigenvalue weighted by atomic mass is 19.4. The lowest BCUT2D eigenvalue weighted by atomic mass is 9.85. The first-order chi connectivity index (χ1) is 39.8. The molecule has 10 rings (SSSR count). The van der Waals surface area contributed by atoms with Gasteiger partial charge in [0.25, 0.3) is 0 Å². The van der Waals surface area contributed by atoms with E-state index in [0.717, 1.165) is 79.1 Å². The Labute approximate surface area is 501 Å². The number of aromatic nitrogens is 2. The first kappa shape index (κ1) is 61.2. The SMILES string of the molecule is Cc1ccc(O[C@H](C)C[C@H](C)N(C)c2ccc(C(F)(F)F)cc2-c2cc(C(F)(F)F)cc(-n3c4ccc(C(C)(C)C)cc4c4cc(C(C)(C)C)ccc43)c2O)c(-c2cc(C)cc(-n3c4ccc(C(C)(C)C)cc4c4cc(C(C)(C)C)ccc43)c2O)c1. The molecule has 0 fully saturated rings. The van der Waals surface area contributed by atoms with E-state index in [4.69, 9.17) is 4.74 Å². The van der Waals surface area contributed by atoms with Crippen LogP contribution >= 0.6 is 0 Å². The van der Waals surface area contributed by atoms with E-state index < -0.39 is 46.9 Å². The summed E-state index contributed by atoms with van der Waals surface area (Å²) in [6, 6.07) is 38.5. The molecule has 2 aromatic heterocycles. The van der Waals surface area contributed by atoms with Gasteiger partial charge in [0.15, 0.2) is 0 Å². The molecule has 0 amide bonds. The molecular weight excluding hydrogens is 1090 g/mol. The summed E-state index contributed by atoms with van der Waals surface area (Å²) in [6.07, 6.45) is -10.1. The number of ether oxygens (including phenoxy) is 1. The Balaban J connectivity index is 1.04. The number of aryl methyl sites for hydroxylation is 2. The van der Waals surface area contributed by atoms with Gasteiger partial charge in [0.1, 0.15) is 17.2 Å². The summed E-state index contributed by atoms with van der Waals surface area (Å²) < 4.78 is 101. The van der Waals surface area contributed by atoms with Crippen LogP contribution in [0.25, 0.3) is 77.2 Å². The summed E-state index contributed by atoms with van der Waals surface area (Å²) in [6.45, 7) is 33.3. The van der Waals surface area contributed by atoms with Crippen molar-refractivity contribution in [3.63, 3.8) is 0 Å². The van der Waals surface area contributed by atoms with E-state index in [1.165, 1.54) is 17.2 Å². The third-order valence-electron chi connectivity index (χ3n) is 17.2. The monoisotopic (exact) mass is 1170 g/mol. The van der Waals surface area contributed by atoms with Crippen molar-refractivity contribution in [3.8, 4) is 50.9 Å². The molecule has 0 saturated heterocycles. The molecule has 10 aromatic rings. The quantitative estimate of drug-likeness (QED) is 0.134. The van der Waals surface area contributed by atoms with Gasteiger partial charge < -0.3 is 29.0 Å². The second-order valence-corrected chi connectivity index (χ2v) is 28.0. The summed E-state index contributed by atoms with van der Waals surface area (Å²) in [7, 11) is 1.67. The van der Waals surface area contributed by atoms with Crippen LogP contribution in [0, 0.1) is 13.8 Å². The van der Waals surface area contributed by atoms with E-state index >= 15 is 13.2 Å². The van der Waals surface area contributed by atoms with Gasteiger partial charge in [-0.2, -0.15) is 26.3 Å². The summed E-state index contributed by atoms with van der Waals surface area (Å²) in [4.78, 5) is 1.71. The molecule has 0 saturated carbocycles. The van der Waals surface area contributed by atoms with E-state index in [1.54, 1.807) is 16.5 Å². The molecule has 8 aromatic carbocycles. The maximum atomic E-state index is 15.4. The van der Waals surface area contributed by atoms with Crippen molar-refractivity contribution in [2.45, 2.75) is 163 Å². The van der Waals surface area contributed by atoms with Gasteiger partial charge in [-0.05, 0) is 180 Å². The van der Waals surface area contributed by atoms with Crippen molar-refractivity contribution in [1.29, 1.82) is 0 Å². The Morgan fingerprint density at radius 1 is 0.419 bits per heavy atom. The van der Waals surface area contributed by atoms with Gasteiger partial charge >= 0.3 is 12.4 Å². The Kier molecular flexibility index (Phi) is 15.1. The molecule has 2 atom stereocenters. The zero-order valence-electron chi connectivity index (χ0n) is 52.5. The van der Waals surface area contributed by atoms with Crippen LogP contribution in [0.2, 0.25) is 0 Å². The smallest absolute Gasteiger partial charge is 0.416 e. The number of phenolic OH excluding ortho intramolecular Hbond substituents is 2. The molecule has 0 unspecified atom stereocenters. The third-order valence-corrected chi connectivity index (χ3v) is 17.2. The summed E-state index contributed by atoms with van der Waals surface area (Å²) in [5.41, 5.74) is 7.21. The van der Waals surface area contributed by atoms with Gasteiger partial charge in [0, 0.05) is 69.0 Å². The molecule has 0 radical (unpaired) electrons. The lowest BCUT2D eigenvalue weighted by molar-refractivity contribution is -0.138. The van der Waals surface area contributed by atoms with Crippen LogP contribution in [-0.4, -0.2) is 38.5 Å². The molecule has 0 aliphatic rings. The number of rotatable bonds is 10. The first-order valence-corrected chi connectivity index (χ1v) is 29.5. The molecule has 450 valence electrons. The fourth-order valence-corrected chi connectivity index (χ4v) is 12.1. The minimum Gasteiger partial charge on any atom is -0.505 e. The fourth-order valence-electron chi connectivity index (χ4n) is 12.1. The highest BCUT2D eigenvalue weighted by Crippen LogP contribution is 2.50. The number of alkyl halides is 6. The first-order valence-electron chi connectivity index (χ1n) is 29.5. The van der Waals surface area contributed by atoms with E-state index in [2.05, 4.69) is 124 Å². The molecule has 12 heteroatoms. The predicted octanol–water partition coefficient (Wildman–Crippen LogP) is 21.2.